The molecule has 0 spiro atoms. The Bertz CT molecular complexity index is 454. The van der Waals surface area contributed by atoms with Crippen LogP contribution in [0.1, 0.15) is 5.56 Å². The number of hydrogen-bond donors (Lipinski definition) is 1. The number of para-hydroxylation sites is 1. The van der Waals surface area contributed by atoms with Crippen LogP contribution >= 0.6 is 0 Å². The molecule has 0 amide bonds. The summed E-state index contributed by atoms with van der Waals surface area (Å²) in [6.07, 6.45) is 4.65. The van der Waals surface area contributed by atoms with Gasteiger partial charge in [-0.05, 0) is 18.6 Å². The summed E-state index contributed by atoms with van der Waals surface area (Å²) in [7, 11) is 0. The van der Waals surface area contributed by atoms with Gasteiger partial charge in [0, 0.05) is 12.4 Å². The molecule has 17 heavy (non-hydrogen) atoms. The van der Waals surface area contributed by atoms with Gasteiger partial charge in [0.15, 0.2) is 0 Å². The molecule has 0 aliphatic rings. The lowest BCUT2D eigenvalue weighted by Gasteiger charge is -2.14. The lowest BCUT2D eigenvalue weighted by Crippen LogP contribution is -2.23. The molecular weight excluding hydrogens is 216 g/mol. The Balaban J connectivity index is 1.84. The van der Waals surface area contributed by atoms with Crippen molar-refractivity contribution in [1.82, 2.24) is 9.55 Å². The molecule has 4 nitrogen and oxygen atoms in total. The summed E-state index contributed by atoms with van der Waals surface area (Å²) in [4.78, 5) is 3.92. The van der Waals surface area contributed by atoms with Gasteiger partial charge in [-0.25, -0.2) is 4.98 Å². The third kappa shape index (κ3) is 3.32. The number of ether oxygens (including phenoxy) is 1. The summed E-state index contributed by atoms with van der Waals surface area (Å²) in [5.74, 6) is 0.817. The van der Waals surface area contributed by atoms with E-state index in [0.717, 1.165) is 11.3 Å². The number of rotatable bonds is 5. The van der Waals surface area contributed by atoms with Gasteiger partial charge in [0.1, 0.15) is 18.5 Å². The van der Waals surface area contributed by atoms with Crippen LogP contribution < -0.4 is 4.74 Å². The smallest absolute Gasteiger partial charge is 0.122 e. The first-order valence-electron chi connectivity index (χ1n) is 5.58. The van der Waals surface area contributed by atoms with Crippen molar-refractivity contribution in [3.8, 4) is 5.75 Å². The largest absolute Gasteiger partial charge is 0.491 e. The van der Waals surface area contributed by atoms with Gasteiger partial charge in [-0.2, -0.15) is 0 Å². The second-order valence-electron chi connectivity index (χ2n) is 3.99. The van der Waals surface area contributed by atoms with E-state index in [9.17, 15) is 5.11 Å². The van der Waals surface area contributed by atoms with Crippen LogP contribution in [-0.2, 0) is 6.54 Å². The molecule has 0 aliphatic carbocycles. The third-order valence-electron chi connectivity index (χ3n) is 2.51. The molecule has 0 saturated heterocycles. The van der Waals surface area contributed by atoms with E-state index in [1.54, 1.807) is 12.5 Å². The van der Waals surface area contributed by atoms with E-state index in [1.807, 2.05) is 42.0 Å². The van der Waals surface area contributed by atoms with Crippen molar-refractivity contribution in [1.29, 1.82) is 0 Å². The molecule has 1 aromatic heterocycles. The molecule has 0 radical (unpaired) electrons. The summed E-state index contributed by atoms with van der Waals surface area (Å²) in [6, 6.07) is 7.77. The van der Waals surface area contributed by atoms with E-state index in [4.69, 9.17) is 4.74 Å². The van der Waals surface area contributed by atoms with Crippen LogP contribution in [0.25, 0.3) is 0 Å². The number of aromatic nitrogens is 2. The number of aliphatic hydroxyl groups is 1. The highest BCUT2D eigenvalue weighted by atomic mass is 16.5. The van der Waals surface area contributed by atoms with Gasteiger partial charge in [0.05, 0.1) is 12.9 Å². The minimum absolute atomic E-state index is 0.281. The highest BCUT2D eigenvalue weighted by Crippen LogP contribution is 2.16. The van der Waals surface area contributed by atoms with E-state index in [-0.39, 0.29) is 6.61 Å². The maximum absolute atomic E-state index is 9.80. The third-order valence-corrected chi connectivity index (χ3v) is 2.51. The van der Waals surface area contributed by atoms with Gasteiger partial charge in [-0.15, -0.1) is 0 Å². The lowest BCUT2D eigenvalue weighted by atomic mass is 10.2. The molecule has 0 saturated carbocycles. The molecular formula is C13H16N2O2. The standard InChI is InChI=1S/C13H16N2O2/c1-11-4-2-3-5-13(11)17-9-12(16)8-15-7-6-14-10-15/h2-7,10,12,16H,8-9H2,1H3/t12-/m1/s1. The number of aliphatic hydroxyl groups excluding tert-OH is 1. The lowest BCUT2D eigenvalue weighted by molar-refractivity contribution is 0.0921. The van der Waals surface area contributed by atoms with Crippen LogP contribution in [-0.4, -0.2) is 27.4 Å². The van der Waals surface area contributed by atoms with Crippen molar-refractivity contribution in [2.45, 2.75) is 19.6 Å². The first-order chi connectivity index (χ1) is 8.25. The maximum Gasteiger partial charge on any atom is 0.122 e. The predicted molar refractivity (Wildman–Crippen MR) is 64.9 cm³/mol. The maximum atomic E-state index is 9.80. The zero-order chi connectivity index (χ0) is 12.1. The molecule has 1 N–H and O–H groups in total. The molecule has 4 heteroatoms. The zero-order valence-electron chi connectivity index (χ0n) is 9.78. The molecule has 0 bridgehead atoms. The minimum Gasteiger partial charge on any atom is -0.491 e. The SMILES string of the molecule is Cc1ccccc1OC[C@H](O)Cn1ccnc1. The van der Waals surface area contributed by atoms with Crippen molar-refractivity contribution in [2.24, 2.45) is 0 Å². The van der Waals surface area contributed by atoms with Crippen molar-refractivity contribution in [3.05, 3.63) is 48.5 Å². The van der Waals surface area contributed by atoms with Crippen LogP contribution in [0.5, 0.6) is 5.75 Å². The van der Waals surface area contributed by atoms with Gasteiger partial charge in [0.25, 0.3) is 0 Å². The second kappa shape index (κ2) is 5.50. The Labute approximate surface area is 100 Å². The normalized spacial score (nSPS) is 12.4. The van der Waals surface area contributed by atoms with Crippen molar-refractivity contribution >= 4 is 0 Å². The van der Waals surface area contributed by atoms with Gasteiger partial charge < -0.3 is 14.4 Å². The quantitative estimate of drug-likeness (QED) is 0.852. The van der Waals surface area contributed by atoms with Gasteiger partial charge in [-0.1, -0.05) is 18.2 Å². The first kappa shape index (κ1) is 11.7. The van der Waals surface area contributed by atoms with Crippen molar-refractivity contribution < 1.29 is 9.84 Å². The Kier molecular flexibility index (Phi) is 3.77. The Hall–Kier alpha value is -1.81. The molecule has 1 aromatic carbocycles. The average Bonchev–Trinajstić information content (AvgIpc) is 2.81. The molecule has 90 valence electrons. The van der Waals surface area contributed by atoms with E-state index in [0.29, 0.717) is 6.54 Å². The fraction of sp³-hybridized carbons (Fsp3) is 0.308. The Morgan fingerprint density at radius 3 is 2.94 bits per heavy atom. The Morgan fingerprint density at radius 2 is 2.24 bits per heavy atom. The van der Waals surface area contributed by atoms with Gasteiger partial charge in [0.2, 0.25) is 0 Å². The highest BCUT2D eigenvalue weighted by Gasteiger charge is 2.06. The van der Waals surface area contributed by atoms with Gasteiger partial charge >= 0.3 is 0 Å². The number of benzene rings is 1. The van der Waals surface area contributed by atoms with Crippen molar-refractivity contribution in [3.63, 3.8) is 0 Å². The molecule has 2 rings (SSSR count). The summed E-state index contributed by atoms with van der Waals surface area (Å²) in [6.45, 7) is 2.76. The van der Waals surface area contributed by atoms with Crippen LogP contribution in [0, 0.1) is 6.92 Å². The fourth-order valence-electron chi connectivity index (χ4n) is 1.60. The molecule has 2 aromatic rings. The summed E-state index contributed by atoms with van der Waals surface area (Å²) in [5, 5.41) is 9.80. The van der Waals surface area contributed by atoms with Crippen LogP contribution in [0.4, 0.5) is 0 Å². The molecule has 0 aliphatic heterocycles. The van der Waals surface area contributed by atoms with E-state index >= 15 is 0 Å². The summed E-state index contributed by atoms with van der Waals surface area (Å²) in [5.41, 5.74) is 1.07. The van der Waals surface area contributed by atoms with Crippen molar-refractivity contribution in [2.75, 3.05) is 6.61 Å². The molecule has 1 heterocycles. The average molecular weight is 232 g/mol. The minimum atomic E-state index is -0.538. The van der Waals surface area contributed by atoms with Crippen LogP contribution in [0.2, 0.25) is 0 Å². The number of nitrogens with zero attached hydrogens (tertiary/aromatic N) is 2. The number of hydrogen-bond acceptors (Lipinski definition) is 3. The Morgan fingerprint density at radius 1 is 1.41 bits per heavy atom. The van der Waals surface area contributed by atoms with E-state index in [2.05, 4.69) is 4.98 Å². The number of aryl methyl sites for hydroxylation is 1. The van der Waals surface area contributed by atoms with Gasteiger partial charge in [-0.3, -0.25) is 0 Å². The summed E-state index contributed by atoms with van der Waals surface area (Å²) >= 11 is 0. The van der Waals surface area contributed by atoms with Crippen LogP contribution in [0.3, 0.4) is 0 Å². The fourth-order valence-corrected chi connectivity index (χ4v) is 1.60. The molecule has 0 fully saturated rings. The predicted octanol–water partition coefficient (Wildman–Crippen LogP) is 1.63. The van der Waals surface area contributed by atoms with E-state index < -0.39 is 6.10 Å². The second-order valence-corrected chi connectivity index (χ2v) is 3.99. The summed E-state index contributed by atoms with van der Waals surface area (Å²) < 4.78 is 7.39. The molecule has 0 unspecified atom stereocenters. The first-order valence-corrected chi connectivity index (χ1v) is 5.58. The highest BCUT2D eigenvalue weighted by molar-refractivity contribution is 5.31. The number of imidazole rings is 1. The van der Waals surface area contributed by atoms with Crippen LogP contribution in [0.15, 0.2) is 43.0 Å². The topological polar surface area (TPSA) is 47.3 Å². The molecule has 1 atom stereocenters. The monoisotopic (exact) mass is 232 g/mol. The van der Waals surface area contributed by atoms with E-state index in [1.165, 1.54) is 0 Å². The zero-order valence-corrected chi connectivity index (χ0v) is 9.78.